The van der Waals surface area contributed by atoms with Crippen molar-refractivity contribution in [3.63, 3.8) is 0 Å². The molecule has 1 nitrogen and oxygen atoms in total. The Hall–Kier alpha value is -1.50. The van der Waals surface area contributed by atoms with Crippen LogP contribution in [-0.4, -0.2) is 11.1 Å². The first-order valence-electron chi connectivity index (χ1n) is 6.99. The molecule has 102 valence electrons. The first kappa shape index (κ1) is 13.9. The van der Waals surface area contributed by atoms with Gasteiger partial charge in [0.15, 0.2) is 0 Å². The highest BCUT2D eigenvalue weighted by molar-refractivity contribution is 5.94. The van der Waals surface area contributed by atoms with E-state index in [1.807, 2.05) is 0 Å². The lowest BCUT2D eigenvalue weighted by Gasteiger charge is -2.48. The molecule has 0 aliphatic carbocycles. The van der Waals surface area contributed by atoms with E-state index in [9.17, 15) is 0 Å². The van der Waals surface area contributed by atoms with Gasteiger partial charge in [0.1, 0.15) is 0 Å². The summed E-state index contributed by atoms with van der Waals surface area (Å²) in [6, 6.07) is 15.2. The highest BCUT2D eigenvalue weighted by Gasteiger charge is 2.32. The first-order chi connectivity index (χ1) is 8.71. The maximum atomic E-state index is 2.52. The Labute approximate surface area is 117 Å². The van der Waals surface area contributed by atoms with Crippen LogP contribution in [0, 0.1) is 0 Å². The molecule has 0 aliphatic heterocycles. The molecular weight excluding hydrogens is 230 g/mol. The lowest BCUT2D eigenvalue weighted by atomic mass is 9.93. The molecule has 0 aliphatic rings. The fourth-order valence-electron chi connectivity index (χ4n) is 3.13. The Morgan fingerprint density at radius 3 is 1.79 bits per heavy atom. The summed E-state index contributed by atoms with van der Waals surface area (Å²) >= 11 is 0. The van der Waals surface area contributed by atoms with Crippen molar-refractivity contribution < 1.29 is 0 Å². The summed E-state index contributed by atoms with van der Waals surface area (Å²) < 4.78 is 0. The predicted octanol–water partition coefficient (Wildman–Crippen LogP) is 5.24. The van der Waals surface area contributed by atoms with Gasteiger partial charge in [-0.05, 0) is 53.0 Å². The van der Waals surface area contributed by atoms with Crippen molar-refractivity contribution in [2.24, 2.45) is 0 Å². The molecule has 19 heavy (non-hydrogen) atoms. The topological polar surface area (TPSA) is 3.24 Å². The third kappa shape index (κ3) is 2.75. The molecule has 0 spiro atoms. The van der Waals surface area contributed by atoms with Crippen LogP contribution in [-0.2, 0) is 0 Å². The fourth-order valence-corrected chi connectivity index (χ4v) is 3.13. The highest BCUT2D eigenvalue weighted by atomic mass is 15.2. The van der Waals surface area contributed by atoms with E-state index in [-0.39, 0.29) is 11.1 Å². The average molecular weight is 255 g/mol. The predicted molar refractivity (Wildman–Crippen MR) is 85.9 cm³/mol. The zero-order valence-electron chi connectivity index (χ0n) is 13.0. The van der Waals surface area contributed by atoms with Gasteiger partial charge >= 0.3 is 0 Å². The lowest BCUT2D eigenvalue weighted by molar-refractivity contribution is 0.382. The summed E-state index contributed by atoms with van der Waals surface area (Å²) in [5.41, 5.74) is 1.49. The second-order valence-corrected chi connectivity index (χ2v) is 7.18. The van der Waals surface area contributed by atoms with E-state index in [1.54, 1.807) is 0 Å². The second kappa shape index (κ2) is 4.56. The van der Waals surface area contributed by atoms with E-state index in [1.165, 1.54) is 16.5 Å². The third-order valence-corrected chi connectivity index (χ3v) is 3.35. The van der Waals surface area contributed by atoms with Crippen molar-refractivity contribution in [3.05, 3.63) is 42.5 Å². The number of rotatable bonds is 1. The van der Waals surface area contributed by atoms with Gasteiger partial charge in [-0.1, -0.05) is 36.4 Å². The van der Waals surface area contributed by atoms with Gasteiger partial charge in [0, 0.05) is 22.2 Å². The fraction of sp³-hybridized carbons (Fsp3) is 0.444. The monoisotopic (exact) mass is 255 g/mol. The normalized spacial score (nSPS) is 12.7. The number of benzene rings is 2. The van der Waals surface area contributed by atoms with Gasteiger partial charge in [0.2, 0.25) is 0 Å². The number of hydrogen-bond acceptors (Lipinski definition) is 1. The molecule has 0 saturated heterocycles. The number of nitrogens with zero attached hydrogens (tertiary/aromatic N) is 1. The zero-order valence-corrected chi connectivity index (χ0v) is 13.0. The Morgan fingerprint density at radius 2 is 1.21 bits per heavy atom. The smallest absolute Gasteiger partial charge is 0.0454 e. The quantitative estimate of drug-likeness (QED) is 0.673. The van der Waals surface area contributed by atoms with Crippen LogP contribution in [0.5, 0.6) is 0 Å². The number of hydrogen-bond donors (Lipinski definition) is 0. The van der Waals surface area contributed by atoms with Gasteiger partial charge in [-0.15, -0.1) is 0 Å². The highest BCUT2D eigenvalue weighted by Crippen LogP contribution is 2.36. The summed E-state index contributed by atoms with van der Waals surface area (Å²) in [5.74, 6) is 0. The maximum absolute atomic E-state index is 2.52. The minimum Gasteiger partial charge on any atom is -0.361 e. The van der Waals surface area contributed by atoms with Gasteiger partial charge in [-0.2, -0.15) is 0 Å². The first-order valence-corrected chi connectivity index (χ1v) is 6.99. The van der Waals surface area contributed by atoms with Gasteiger partial charge in [-0.3, -0.25) is 0 Å². The number of fused-ring (bicyclic) bond motifs is 1. The Balaban J connectivity index is 2.70. The molecule has 2 aromatic rings. The molecule has 0 fully saturated rings. The molecular formula is C18H25N. The van der Waals surface area contributed by atoms with Gasteiger partial charge in [0.05, 0.1) is 0 Å². The zero-order chi connectivity index (χ0) is 14.3. The molecule has 0 radical (unpaired) electrons. The molecule has 2 aromatic carbocycles. The molecule has 1 heteroatoms. The number of anilines is 1. The SMILES string of the molecule is CC(C)(C)N(c1cccc2ccccc12)C(C)(C)C. The minimum atomic E-state index is 0.0857. The Kier molecular flexibility index (Phi) is 3.34. The molecule has 0 atom stereocenters. The molecule has 0 unspecified atom stereocenters. The second-order valence-electron chi connectivity index (χ2n) is 7.18. The van der Waals surface area contributed by atoms with Crippen LogP contribution >= 0.6 is 0 Å². The summed E-state index contributed by atoms with van der Waals surface area (Å²) in [4.78, 5) is 2.52. The van der Waals surface area contributed by atoms with Crippen LogP contribution < -0.4 is 4.90 Å². The van der Waals surface area contributed by atoms with Crippen LogP contribution in [0.25, 0.3) is 10.8 Å². The van der Waals surface area contributed by atoms with Crippen molar-refractivity contribution >= 4 is 16.5 Å². The van der Waals surface area contributed by atoms with Gasteiger partial charge < -0.3 is 4.90 Å². The molecule has 0 N–H and O–H groups in total. The Bertz CT molecular complexity index is 551. The summed E-state index contributed by atoms with van der Waals surface area (Å²) in [6.07, 6.45) is 0. The van der Waals surface area contributed by atoms with E-state index in [2.05, 4.69) is 88.9 Å². The molecule has 0 bridgehead atoms. The van der Waals surface area contributed by atoms with Crippen LogP contribution in [0.15, 0.2) is 42.5 Å². The van der Waals surface area contributed by atoms with Crippen molar-refractivity contribution in [1.82, 2.24) is 0 Å². The summed E-state index contributed by atoms with van der Waals surface area (Å²) in [5, 5.41) is 2.63. The van der Waals surface area contributed by atoms with Crippen molar-refractivity contribution in [1.29, 1.82) is 0 Å². The molecule has 0 amide bonds. The van der Waals surface area contributed by atoms with Crippen molar-refractivity contribution in [2.75, 3.05) is 4.90 Å². The van der Waals surface area contributed by atoms with E-state index in [0.717, 1.165) is 0 Å². The van der Waals surface area contributed by atoms with Crippen LogP contribution in [0.4, 0.5) is 5.69 Å². The molecule has 0 saturated carbocycles. The molecule has 0 heterocycles. The van der Waals surface area contributed by atoms with E-state index in [0.29, 0.717) is 0 Å². The van der Waals surface area contributed by atoms with Crippen LogP contribution in [0.1, 0.15) is 41.5 Å². The third-order valence-electron chi connectivity index (χ3n) is 3.35. The Morgan fingerprint density at radius 1 is 0.684 bits per heavy atom. The van der Waals surface area contributed by atoms with Crippen LogP contribution in [0.3, 0.4) is 0 Å². The van der Waals surface area contributed by atoms with Crippen LogP contribution in [0.2, 0.25) is 0 Å². The van der Waals surface area contributed by atoms with E-state index in [4.69, 9.17) is 0 Å². The van der Waals surface area contributed by atoms with Crippen molar-refractivity contribution in [2.45, 2.75) is 52.6 Å². The molecule has 2 rings (SSSR count). The summed E-state index contributed by atoms with van der Waals surface area (Å²) in [7, 11) is 0. The van der Waals surface area contributed by atoms with Gasteiger partial charge in [0.25, 0.3) is 0 Å². The largest absolute Gasteiger partial charge is 0.361 e. The minimum absolute atomic E-state index is 0.0857. The standard InChI is InChI=1S/C18H25N/c1-17(2,3)19(18(4,5)6)16-13-9-11-14-10-7-8-12-15(14)16/h7-13H,1-6H3. The maximum Gasteiger partial charge on any atom is 0.0454 e. The van der Waals surface area contributed by atoms with E-state index < -0.39 is 0 Å². The summed E-state index contributed by atoms with van der Waals surface area (Å²) in [6.45, 7) is 13.7. The molecule has 0 aromatic heterocycles. The lowest BCUT2D eigenvalue weighted by Crippen LogP contribution is -2.53. The van der Waals surface area contributed by atoms with E-state index >= 15 is 0 Å². The van der Waals surface area contributed by atoms with Crippen molar-refractivity contribution in [3.8, 4) is 0 Å². The van der Waals surface area contributed by atoms with Gasteiger partial charge in [-0.25, -0.2) is 0 Å². The average Bonchev–Trinajstić information content (AvgIpc) is 2.25.